The number of allylic oxidation sites excluding steroid dienone is 1. The van der Waals surface area contributed by atoms with Crippen LogP contribution in [0.4, 0.5) is 0 Å². The lowest BCUT2D eigenvalue weighted by atomic mass is 9.54. The van der Waals surface area contributed by atoms with Crippen LogP contribution < -0.4 is 4.74 Å². The van der Waals surface area contributed by atoms with E-state index in [1.807, 2.05) is 18.2 Å². The molecule has 0 amide bonds. The summed E-state index contributed by atoms with van der Waals surface area (Å²) < 4.78 is 5.23. The lowest BCUT2D eigenvalue weighted by Crippen LogP contribution is -2.42. The molecule has 0 unspecified atom stereocenters. The van der Waals surface area contributed by atoms with Gasteiger partial charge in [-0.25, -0.2) is 4.79 Å². The van der Waals surface area contributed by atoms with Crippen molar-refractivity contribution in [3.63, 3.8) is 0 Å². The molecule has 0 heterocycles. The van der Waals surface area contributed by atoms with Gasteiger partial charge in [-0.1, -0.05) is 19.1 Å². The standard InChI is InChI=1S/C21H24O4/c1-12(22)25-14-4-6-15-13(11-14)3-5-17-16(15)9-10-21(2)18(17)7-8-19(21)20(23)24/h4,6,8,11,16-18H,3,5,7,9-10H2,1-2H3,(H,23,24)/t16-,17-,18+,21+/m1/s1. The lowest BCUT2D eigenvalue weighted by Gasteiger charge is -2.49. The van der Waals surface area contributed by atoms with Crippen LogP contribution >= 0.6 is 0 Å². The first-order chi connectivity index (χ1) is 11.9. The number of aliphatic carboxylic acids is 1. The minimum Gasteiger partial charge on any atom is -0.478 e. The number of aryl methyl sites for hydroxylation is 1. The molecule has 4 rings (SSSR count). The molecular formula is C21H24O4. The van der Waals surface area contributed by atoms with Crippen LogP contribution in [-0.4, -0.2) is 17.0 Å². The molecule has 1 aromatic rings. The van der Waals surface area contributed by atoms with Gasteiger partial charge in [-0.15, -0.1) is 0 Å². The van der Waals surface area contributed by atoms with E-state index in [4.69, 9.17) is 4.74 Å². The summed E-state index contributed by atoms with van der Waals surface area (Å²) in [6.45, 7) is 3.57. The second-order valence-electron chi connectivity index (χ2n) is 7.98. The molecule has 0 aromatic heterocycles. The minimum atomic E-state index is -0.745. The van der Waals surface area contributed by atoms with Crippen LogP contribution in [0.2, 0.25) is 0 Å². The number of hydrogen-bond acceptors (Lipinski definition) is 3. The average Bonchev–Trinajstić information content (AvgIpc) is 2.91. The van der Waals surface area contributed by atoms with Gasteiger partial charge >= 0.3 is 11.9 Å². The Morgan fingerprint density at radius 1 is 1.28 bits per heavy atom. The van der Waals surface area contributed by atoms with E-state index in [-0.39, 0.29) is 11.4 Å². The zero-order valence-corrected chi connectivity index (χ0v) is 14.7. The van der Waals surface area contributed by atoms with E-state index in [9.17, 15) is 14.7 Å². The molecule has 1 saturated carbocycles. The van der Waals surface area contributed by atoms with Gasteiger partial charge < -0.3 is 9.84 Å². The summed E-state index contributed by atoms with van der Waals surface area (Å²) >= 11 is 0. The van der Waals surface area contributed by atoms with Crippen molar-refractivity contribution in [2.24, 2.45) is 17.3 Å². The maximum absolute atomic E-state index is 11.6. The third-order valence-corrected chi connectivity index (χ3v) is 6.77. The van der Waals surface area contributed by atoms with Gasteiger partial charge in [0.15, 0.2) is 0 Å². The van der Waals surface area contributed by atoms with Crippen LogP contribution in [0.3, 0.4) is 0 Å². The predicted molar refractivity (Wildman–Crippen MR) is 93.5 cm³/mol. The summed E-state index contributed by atoms with van der Waals surface area (Å²) in [5.74, 6) is 1.05. The van der Waals surface area contributed by atoms with E-state index in [0.29, 0.717) is 29.1 Å². The van der Waals surface area contributed by atoms with E-state index in [1.54, 1.807) is 0 Å². The van der Waals surface area contributed by atoms with E-state index in [2.05, 4.69) is 13.0 Å². The number of ether oxygens (including phenoxy) is 1. The Labute approximate surface area is 147 Å². The molecular weight excluding hydrogens is 316 g/mol. The number of carbonyl (C=O) groups is 2. The summed E-state index contributed by atoms with van der Waals surface area (Å²) in [6.07, 6.45) is 6.88. The summed E-state index contributed by atoms with van der Waals surface area (Å²) in [5.41, 5.74) is 3.11. The van der Waals surface area contributed by atoms with Gasteiger partial charge in [0.25, 0.3) is 0 Å². The van der Waals surface area contributed by atoms with Crippen molar-refractivity contribution in [3.05, 3.63) is 41.0 Å². The number of carboxylic acids is 1. The topological polar surface area (TPSA) is 63.6 Å². The summed E-state index contributed by atoms with van der Waals surface area (Å²) in [5, 5.41) is 9.56. The molecule has 0 saturated heterocycles. The smallest absolute Gasteiger partial charge is 0.331 e. The van der Waals surface area contributed by atoms with E-state index in [0.717, 1.165) is 32.1 Å². The Bertz CT molecular complexity index is 778. The Balaban J connectivity index is 1.63. The van der Waals surface area contributed by atoms with Crippen molar-refractivity contribution in [2.75, 3.05) is 0 Å². The predicted octanol–water partition coefficient (Wildman–Crippen LogP) is 4.09. The Kier molecular flexibility index (Phi) is 3.75. The molecule has 4 nitrogen and oxygen atoms in total. The molecule has 4 atom stereocenters. The summed E-state index contributed by atoms with van der Waals surface area (Å²) in [7, 11) is 0. The van der Waals surface area contributed by atoms with Crippen molar-refractivity contribution in [1.29, 1.82) is 0 Å². The highest BCUT2D eigenvalue weighted by Gasteiger charge is 2.53. The molecule has 0 spiro atoms. The number of benzene rings is 1. The zero-order valence-electron chi connectivity index (χ0n) is 14.7. The molecule has 3 aliphatic carbocycles. The molecule has 25 heavy (non-hydrogen) atoms. The average molecular weight is 340 g/mol. The van der Waals surface area contributed by atoms with Crippen LogP contribution in [0.15, 0.2) is 29.8 Å². The third kappa shape index (κ3) is 2.50. The SMILES string of the molecule is CC(=O)Oc1ccc2c(c1)CC[C@@H]1[C@@H]2CC[C@]2(C)C(C(=O)O)=CC[C@@H]12. The highest BCUT2D eigenvalue weighted by Crippen LogP contribution is 2.61. The fourth-order valence-corrected chi connectivity index (χ4v) is 5.69. The van der Waals surface area contributed by atoms with Crippen molar-refractivity contribution in [2.45, 2.75) is 51.9 Å². The largest absolute Gasteiger partial charge is 0.478 e. The molecule has 132 valence electrons. The van der Waals surface area contributed by atoms with Gasteiger partial charge in [-0.05, 0) is 73.1 Å². The summed E-state index contributed by atoms with van der Waals surface area (Å²) in [4.78, 5) is 22.8. The molecule has 1 N–H and O–H groups in total. The fourth-order valence-electron chi connectivity index (χ4n) is 5.69. The van der Waals surface area contributed by atoms with Crippen LogP contribution in [0.25, 0.3) is 0 Å². The van der Waals surface area contributed by atoms with Crippen LogP contribution in [-0.2, 0) is 16.0 Å². The van der Waals surface area contributed by atoms with Crippen molar-refractivity contribution in [1.82, 2.24) is 0 Å². The maximum Gasteiger partial charge on any atom is 0.331 e. The molecule has 3 aliphatic rings. The lowest BCUT2D eigenvalue weighted by molar-refractivity contribution is -0.135. The van der Waals surface area contributed by atoms with Gasteiger partial charge in [-0.3, -0.25) is 4.79 Å². The quantitative estimate of drug-likeness (QED) is 0.650. The molecule has 0 aliphatic heterocycles. The number of carboxylic acid groups (broad SMARTS) is 1. The van der Waals surface area contributed by atoms with E-state index in [1.165, 1.54) is 18.1 Å². The van der Waals surface area contributed by atoms with Crippen LogP contribution in [0, 0.1) is 17.3 Å². The van der Waals surface area contributed by atoms with Crippen molar-refractivity contribution in [3.8, 4) is 5.75 Å². The van der Waals surface area contributed by atoms with E-state index < -0.39 is 5.97 Å². The molecule has 1 aromatic carbocycles. The number of carbonyl (C=O) groups excluding carboxylic acids is 1. The molecule has 0 radical (unpaired) electrons. The highest BCUT2D eigenvalue weighted by molar-refractivity contribution is 5.89. The normalized spacial score (nSPS) is 32.9. The third-order valence-electron chi connectivity index (χ3n) is 6.77. The molecule has 1 fully saturated rings. The summed E-state index contributed by atoms with van der Waals surface area (Å²) in [6, 6.07) is 6.02. The van der Waals surface area contributed by atoms with Gasteiger partial charge in [-0.2, -0.15) is 0 Å². The Morgan fingerprint density at radius 2 is 2.08 bits per heavy atom. The maximum atomic E-state index is 11.6. The second-order valence-corrected chi connectivity index (χ2v) is 7.98. The van der Waals surface area contributed by atoms with Gasteiger partial charge in [0.1, 0.15) is 5.75 Å². The number of hydrogen-bond donors (Lipinski definition) is 1. The van der Waals surface area contributed by atoms with Crippen molar-refractivity contribution >= 4 is 11.9 Å². The highest BCUT2D eigenvalue weighted by atomic mass is 16.5. The number of rotatable bonds is 2. The first kappa shape index (κ1) is 16.4. The van der Waals surface area contributed by atoms with E-state index >= 15 is 0 Å². The van der Waals surface area contributed by atoms with Gasteiger partial charge in [0.2, 0.25) is 0 Å². The monoisotopic (exact) mass is 340 g/mol. The number of fused-ring (bicyclic) bond motifs is 5. The second kappa shape index (κ2) is 5.72. The van der Waals surface area contributed by atoms with Gasteiger partial charge in [0, 0.05) is 17.9 Å². The molecule has 4 heteroatoms. The zero-order chi connectivity index (χ0) is 17.8. The Hall–Kier alpha value is -2.10. The van der Waals surface area contributed by atoms with Gasteiger partial charge in [0.05, 0.1) is 0 Å². The van der Waals surface area contributed by atoms with Crippen molar-refractivity contribution < 1.29 is 19.4 Å². The van der Waals surface area contributed by atoms with Crippen LogP contribution in [0.1, 0.15) is 56.6 Å². The minimum absolute atomic E-state index is 0.178. The van der Waals surface area contributed by atoms with Crippen LogP contribution in [0.5, 0.6) is 5.75 Å². The number of esters is 1. The molecule has 0 bridgehead atoms. The fraction of sp³-hybridized carbons (Fsp3) is 0.524. The first-order valence-electron chi connectivity index (χ1n) is 9.15. The first-order valence-corrected chi connectivity index (χ1v) is 9.15. The Morgan fingerprint density at radius 3 is 2.80 bits per heavy atom.